The van der Waals surface area contributed by atoms with Crippen molar-refractivity contribution in [3.8, 4) is 0 Å². The van der Waals surface area contributed by atoms with Crippen molar-refractivity contribution in [2.75, 3.05) is 0 Å². The third kappa shape index (κ3) is 3.85. The largest absolute Gasteiger partial charge is 0.307 e. The summed E-state index contributed by atoms with van der Waals surface area (Å²) in [4.78, 5) is 0. The highest BCUT2D eigenvalue weighted by molar-refractivity contribution is 5.28. The molecule has 1 fully saturated rings. The van der Waals surface area contributed by atoms with Crippen LogP contribution >= 0.6 is 0 Å². The maximum atomic E-state index is 3.89. The Labute approximate surface area is 125 Å². The fourth-order valence-corrected chi connectivity index (χ4v) is 4.48. The highest BCUT2D eigenvalue weighted by Crippen LogP contribution is 2.46. The summed E-state index contributed by atoms with van der Waals surface area (Å²) in [5, 5.41) is 3.89. The summed E-state index contributed by atoms with van der Waals surface area (Å²) in [6, 6.07) is 9.80. The number of rotatable bonds is 3. The molecule has 0 aliphatic heterocycles. The van der Waals surface area contributed by atoms with E-state index < -0.39 is 0 Å². The van der Waals surface area contributed by atoms with Crippen LogP contribution in [0.4, 0.5) is 0 Å². The minimum Gasteiger partial charge on any atom is -0.307 e. The number of hydrogen-bond acceptors (Lipinski definition) is 1. The lowest BCUT2D eigenvalue weighted by molar-refractivity contribution is 0.0811. The molecule has 0 radical (unpaired) electrons. The number of benzene rings is 1. The van der Waals surface area contributed by atoms with E-state index in [1.54, 1.807) is 0 Å². The van der Waals surface area contributed by atoms with Crippen LogP contribution in [0.2, 0.25) is 0 Å². The first-order chi connectivity index (χ1) is 9.19. The standard InChI is InChI=1S/C19H31N/c1-14-9-7-8-10-17(14)15(2)20-16-11-18(3,4)13-19(5,6)12-16/h7-10,15-16,20H,11-13H2,1-6H3. The second-order valence-electron chi connectivity index (χ2n) is 8.36. The van der Waals surface area contributed by atoms with Crippen molar-refractivity contribution in [1.82, 2.24) is 5.32 Å². The van der Waals surface area contributed by atoms with E-state index >= 15 is 0 Å². The van der Waals surface area contributed by atoms with Crippen LogP contribution in [-0.4, -0.2) is 6.04 Å². The number of nitrogens with one attached hydrogen (secondary N) is 1. The molecule has 1 aliphatic rings. The lowest BCUT2D eigenvalue weighted by atomic mass is 9.63. The van der Waals surface area contributed by atoms with Crippen molar-refractivity contribution in [3.63, 3.8) is 0 Å². The van der Waals surface area contributed by atoms with E-state index in [0.29, 0.717) is 22.9 Å². The molecule has 1 aromatic rings. The first-order valence-corrected chi connectivity index (χ1v) is 8.00. The van der Waals surface area contributed by atoms with Gasteiger partial charge in [-0.2, -0.15) is 0 Å². The zero-order valence-electron chi connectivity index (χ0n) is 14.1. The molecule has 0 heterocycles. The Bertz CT molecular complexity index is 443. The summed E-state index contributed by atoms with van der Waals surface area (Å²) in [5.74, 6) is 0. The van der Waals surface area contributed by atoms with Gasteiger partial charge in [-0.3, -0.25) is 0 Å². The molecule has 112 valence electrons. The average molecular weight is 273 g/mol. The fourth-order valence-electron chi connectivity index (χ4n) is 4.48. The molecule has 1 N–H and O–H groups in total. The van der Waals surface area contributed by atoms with Crippen LogP contribution < -0.4 is 5.32 Å². The molecule has 1 aliphatic carbocycles. The predicted molar refractivity (Wildman–Crippen MR) is 87.9 cm³/mol. The molecule has 1 nitrogen and oxygen atoms in total. The number of hydrogen-bond donors (Lipinski definition) is 1. The van der Waals surface area contributed by atoms with Gasteiger partial charge in [0.1, 0.15) is 0 Å². The predicted octanol–water partition coefficient (Wildman–Crippen LogP) is 5.25. The second-order valence-corrected chi connectivity index (χ2v) is 8.36. The molecule has 0 spiro atoms. The summed E-state index contributed by atoms with van der Waals surface area (Å²) < 4.78 is 0. The Morgan fingerprint density at radius 1 is 1.05 bits per heavy atom. The highest BCUT2D eigenvalue weighted by atomic mass is 15.0. The van der Waals surface area contributed by atoms with Gasteiger partial charge in [-0.1, -0.05) is 52.0 Å². The van der Waals surface area contributed by atoms with E-state index in [1.807, 2.05) is 0 Å². The third-order valence-corrected chi connectivity index (χ3v) is 4.70. The van der Waals surface area contributed by atoms with Crippen molar-refractivity contribution in [3.05, 3.63) is 35.4 Å². The quantitative estimate of drug-likeness (QED) is 0.793. The summed E-state index contributed by atoms with van der Waals surface area (Å²) in [7, 11) is 0. The summed E-state index contributed by atoms with van der Waals surface area (Å²) in [6.45, 7) is 14.2. The summed E-state index contributed by atoms with van der Waals surface area (Å²) in [6.07, 6.45) is 3.90. The molecule has 0 aromatic heterocycles. The van der Waals surface area contributed by atoms with Crippen LogP contribution in [0.5, 0.6) is 0 Å². The Morgan fingerprint density at radius 3 is 2.15 bits per heavy atom. The first kappa shape index (κ1) is 15.6. The molecule has 0 saturated heterocycles. The van der Waals surface area contributed by atoms with Gasteiger partial charge in [-0.05, 0) is 55.1 Å². The van der Waals surface area contributed by atoms with E-state index in [9.17, 15) is 0 Å². The molecular weight excluding hydrogens is 242 g/mol. The normalized spacial score (nSPS) is 23.5. The molecule has 1 saturated carbocycles. The van der Waals surface area contributed by atoms with E-state index in [4.69, 9.17) is 0 Å². The van der Waals surface area contributed by atoms with Gasteiger partial charge in [0.15, 0.2) is 0 Å². The van der Waals surface area contributed by atoms with Crippen molar-refractivity contribution in [1.29, 1.82) is 0 Å². The topological polar surface area (TPSA) is 12.0 Å². The van der Waals surface area contributed by atoms with E-state index in [-0.39, 0.29) is 0 Å². The fraction of sp³-hybridized carbons (Fsp3) is 0.684. The van der Waals surface area contributed by atoms with Crippen LogP contribution in [-0.2, 0) is 0 Å². The van der Waals surface area contributed by atoms with Gasteiger partial charge in [0, 0.05) is 12.1 Å². The van der Waals surface area contributed by atoms with Crippen molar-refractivity contribution in [2.45, 2.75) is 72.9 Å². The van der Waals surface area contributed by atoms with Gasteiger partial charge >= 0.3 is 0 Å². The lowest BCUT2D eigenvalue weighted by Gasteiger charge is -2.46. The van der Waals surface area contributed by atoms with E-state index in [0.717, 1.165) is 0 Å². The minimum atomic E-state index is 0.436. The molecule has 2 rings (SSSR count). The van der Waals surface area contributed by atoms with Crippen LogP contribution in [0.3, 0.4) is 0 Å². The molecular formula is C19H31N. The second kappa shape index (κ2) is 5.52. The van der Waals surface area contributed by atoms with Gasteiger partial charge < -0.3 is 5.32 Å². The lowest BCUT2D eigenvalue weighted by Crippen LogP contribution is -2.44. The maximum Gasteiger partial charge on any atom is 0.0296 e. The van der Waals surface area contributed by atoms with E-state index in [2.05, 4.69) is 71.1 Å². The van der Waals surface area contributed by atoms with Gasteiger partial charge in [-0.25, -0.2) is 0 Å². The summed E-state index contributed by atoms with van der Waals surface area (Å²) >= 11 is 0. The zero-order chi connectivity index (χ0) is 15.0. The highest BCUT2D eigenvalue weighted by Gasteiger charge is 2.38. The Balaban J connectivity index is 2.08. The maximum absolute atomic E-state index is 3.89. The van der Waals surface area contributed by atoms with E-state index in [1.165, 1.54) is 30.4 Å². The molecule has 1 unspecified atom stereocenters. The first-order valence-electron chi connectivity index (χ1n) is 8.00. The van der Waals surface area contributed by atoms with Crippen molar-refractivity contribution < 1.29 is 0 Å². The van der Waals surface area contributed by atoms with Crippen molar-refractivity contribution in [2.24, 2.45) is 10.8 Å². The molecule has 20 heavy (non-hydrogen) atoms. The Kier molecular flexibility index (Phi) is 4.30. The van der Waals surface area contributed by atoms with Crippen LogP contribution in [0, 0.1) is 17.8 Å². The molecule has 1 atom stereocenters. The van der Waals surface area contributed by atoms with Crippen LogP contribution in [0.1, 0.15) is 71.0 Å². The van der Waals surface area contributed by atoms with Crippen LogP contribution in [0.15, 0.2) is 24.3 Å². The smallest absolute Gasteiger partial charge is 0.0296 e. The molecule has 1 heteroatoms. The zero-order valence-corrected chi connectivity index (χ0v) is 14.1. The minimum absolute atomic E-state index is 0.436. The van der Waals surface area contributed by atoms with Gasteiger partial charge in [0.2, 0.25) is 0 Å². The number of aryl methyl sites for hydroxylation is 1. The van der Waals surface area contributed by atoms with Gasteiger partial charge in [-0.15, -0.1) is 0 Å². The monoisotopic (exact) mass is 273 g/mol. The molecule has 1 aromatic carbocycles. The van der Waals surface area contributed by atoms with Crippen molar-refractivity contribution >= 4 is 0 Å². The SMILES string of the molecule is Cc1ccccc1C(C)NC1CC(C)(C)CC(C)(C)C1. The molecule has 0 amide bonds. The molecule has 0 bridgehead atoms. The van der Waals surface area contributed by atoms with Gasteiger partial charge in [0.05, 0.1) is 0 Å². The van der Waals surface area contributed by atoms with Crippen LogP contribution in [0.25, 0.3) is 0 Å². The Hall–Kier alpha value is -0.820. The summed E-state index contributed by atoms with van der Waals surface area (Å²) in [5.41, 5.74) is 3.73. The average Bonchev–Trinajstić information content (AvgIpc) is 2.24. The third-order valence-electron chi connectivity index (χ3n) is 4.70. The van der Waals surface area contributed by atoms with Gasteiger partial charge in [0.25, 0.3) is 0 Å². The Morgan fingerprint density at radius 2 is 1.60 bits per heavy atom.